The molecule has 1 aliphatic heterocycles. The third-order valence-electron chi connectivity index (χ3n) is 3.42. The Morgan fingerprint density at radius 3 is 2.90 bits per heavy atom. The van der Waals surface area contributed by atoms with Gasteiger partial charge in [-0.05, 0) is 31.4 Å². The number of aromatic nitrogens is 1. The highest BCUT2D eigenvalue weighted by atomic mass is 32.2. The molecule has 1 aliphatic rings. The summed E-state index contributed by atoms with van der Waals surface area (Å²) >= 11 is 0. The molecule has 1 aromatic heterocycles. The molecule has 0 saturated carbocycles. The number of sulfonamides is 1. The van der Waals surface area contributed by atoms with Crippen molar-refractivity contribution in [2.24, 2.45) is 5.14 Å². The third-order valence-corrected chi connectivity index (χ3v) is 4.28. The van der Waals surface area contributed by atoms with Gasteiger partial charge in [-0.15, -0.1) is 0 Å². The summed E-state index contributed by atoms with van der Waals surface area (Å²) < 4.78 is 21.7. The van der Waals surface area contributed by atoms with Gasteiger partial charge in [0.05, 0.1) is 17.5 Å². The summed E-state index contributed by atoms with van der Waals surface area (Å²) in [5.74, 6) is -0.178. The van der Waals surface area contributed by atoms with Crippen molar-refractivity contribution < 1.29 is 13.2 Å². The SMILES string of the molecule is NS(=O)(=O)CCCC(=O)N1CCC[C@H]1c1ccccn1. The molecule has 1 fully saturated rings. The first-order valence-electron chi connectivity index (χ1n) is 6.68. The van der Waals surface area contributed by atoms with Crippen LogP contribution in [0.1, 0.15) is 37.4 Å². The predicted octanol–water partition coefficient (Wildman–Crippen LogP) is 0.814. The molecule has 0 bridgehead atoms. The molecule has 2 heterocycles. The van der Waals surface area contributed by atoms with Crippen LogP contribution in [0, 0.1) is 0 Å². The van der Waals surface area contributed by atoms with E-state index in [1.807, 2.05) is 18.2 Å². The normalized spacial score (nSPS) is 19.2. The van der Waals surface area contributed by atoms with Gasteiger partial charge in [0.15, 0.2) is 0 Å². The van der Waals surface area contributed by atoms with Crippen LogP contribution in [-0.4, -0.2) is 36.5 Å². The molecule has 20 heavy (non-hydrogen) atoms. The topological polar surface area (TPSA) is 93.4 Å². The molecule has 0 aromatic carbocycles. The minimum Gasteiger partial charge on any atom is -0.334 e. The largest absolute Gasteiger partial charge is 0.334 e. The first-order chi connectivity index (χ1) is 9.47. The number of amides is 1. The molecule has 1 atom stereocenters. The van der Waals surface area contributed by atoms with Crippen molar-refractivity contribution in [1.82, 2.24) is 9.88 Å². The number of hydrogen-bond donors (Lipinski definition) is 1. The second kappa shape index (κ2) is 6.32. The fraction of sp³-hybridized carbons (Fsp3) is 0.538. The lowest BCUT2D eigenvalue weighted by atomic mass is 10.1. The van der Waals surface area contributed by atoms with Gasteiger partial charge in [-0.25, -0.2) is 13.6 Å². The van der Waals surface area contributed by atoms with E-state index in [1.54, 1.807) is 11.1 Å². The van der Waals surface area contributed by atoms with Gasteiger partial charge in [0.2, 0.25) is 15.9 Å². The maximum Gasteiger partial charge on any atom is 0.223 e. The maximum atomic E-state index is 12.2. The summed E-state index contributed by atoms with van der Waals surface area (Å²) in [6, 6.07) is 5.68. The van der Waals surface area contributed by atoms with Gasteiger partial charge in [0.1, 0.15) is 0 Å². The van der Waals surface area contributed by atoms with E-state index >= 15 is 0 Å². The number of pyridine rings is 1. The van der Waals surface area contributed by atoms with E-state index in [4.69, 9.17) is 5.14 Å². The number of hydrogen-bond acceptors (Lipinski definition) is 4. The molecule has 1 amide bonds. The Hall–Kier alpha value is -1.47. The van der Waals surface area contributed by atoms with Crippen LogP contribution in [0.3, 0.4) is 0 Å². The van der Waals surface area contributed by atoms with Crippen LogP contribution in [0.15, 0.2) is 24.4 Å². The van der Waals surface area contributed by atoms with Crippen molar-refractivity contribution in [3.8, 4) is 0 Å². The Morgan fingerprint density at radius 2 is 2.25 bits per heavy atom. The van der Waals surface area contributed by atoms with Gasteiger partial charge in [-0.1, -0.05) is 6.07 Å². The van der Waals surface area contributed by atoms with Crippen LogP contribution in [0.4, 0.5) is 0 Å². The van der Waals surface area contributed by atoms with Gasteiger partial charge >= 0.3 is 0 Å². The van der Waals surface area contributed by atoms with Crippen molar-refractivity contribution in [1.29, 1.82) is 0 Å². The molecule has 1 saturated heterocycles. The maximum absolute atomic E-state index is 12.2. The fourth-order valence-electron chi connectivity index (χ4n) is 2.51. The molecule has 6 nitrogen and oxygen atoms in total. The zero-order valence-corrected chi connectivity index (χ0v) is 12.1. The van der Waals surface area contributed by atoms with Gasteiger partial charge < -0.3 is 4.90 Å². The Morgan fingerprint density at radius 1 is 1.45 bits per heavy atom. The van der Waals surface area contributed by atoms with Crippen molar-refractivity contribution in [3.63, 3.8) is 0 Å². The summed E-state index contributed by atoms with van der Waals surface area (Å²) in [6.45, 7) is 0.704. The van der Waals surface area contributed by atoms with Crippen LogP contribution < -0.4 is 5.14 Å². The molecule has 0 radical (unpaired) electrons. The van der Waals surface area contributed by atoms with Crippen molar-refractivity contribution in [3.05, 3.63) is 30.1 Å². The van der Waals surface area contributed by atoms with E-state index < -0.39 is 10.0 Å². The average molecular weight is 297 g/mol. The summed E-state index contributed by atoms with van der Waals surface area (Å²) in [6.07, 6.45) is 4.04. The minimum atomic E-state index is -3.49. The lowest BCUT2D eigenvalue weighted by Gasteiger charge is -2.24. The van der Waals surface area contributed by atoms with Gasteiger partial charge in [-0.2, -0.15) is 0 Å². The Kier molecular flexibility index (Phi) is 4.72. The number of carbonyl (C=O) groups excluding carboxylic acids is 1. The van der Waals surface area contributed by atoms with Crippen molar-refractivity contribution in [2.75, 3.05) is 12.3 Å². The minimum absolute atomic E-state index is 0.0122. The molecule has 0 unspecified atom stereocenters. The van der Waals surface area contributed by atoms with Crippen LogP contribution >= 0.6 is 0 Å². The van der Waals surface area contributed by atoms with Crippen LogP contribution in [-0.2, 0) is 14.8 Å². The average Bonchev–Trinajstić information content (AvgIpc) is 2.87. The standard InChI is InChI=1S/C13H19N3O3S/c14-20(18,19)10-4-7-13(17)16-9-3-6-12(16)11-5-1-2-8-15-11/h1-2,5,8,12H,3-4,6-7,9-10H2,(H2,14,18,19)/t12-/m0/s1. The molecular weight excluding hydrogens is 278 g/mol. The van der Waals surface area contributed by atoms with Crippen molar-refractivity contribution >= 4 is 15.9 Å². The number of carbonyl (C=O) groups is 1. The van der Waals surface area contributed by atoms with Gasteiger partial charge in [0.25, 0.3) is 0 Å². The molecule has 7 heteroatoms. The second-order valence-electron chi connectivity index (χ2n) is 4.97. The molecule has 2 N–H and O–H groups in total. The van der Waals surface area contributed by atoms with E-state index in [9.17, 15) is 13.2 Å². The second-order valence-corrected chi connectivity index (χ2v) is 6.70. The van der Waals surface area contributed by atoms with E-state index in [-0.39, 0.29) is 30.5 Å². The Balaban J connectivity index is 1.95. The van der Waals surface area contributed by atoms with E-state index in [1.165, 1.54) is 0 Å². The zero-order chi connectivity index (χ0) is 14.6. The summed E-state index contributed by atoms with van der Waals surface area (Å²) in [4.78, 5) is 18.3. The van der Waals surface area contributed by atoms with E-state index in [0.717, 1.165) is 18.5 Å². The molecule has 2 rings (SSSR count). The Bertz CT molecular complexity index is 559. The van der Waals surface area contributed by atoms with Gasteiger partial charge in [0, 0.05) is 19.2 Å². The Labute approximate surface area is 119 Å². The number of nitrogens with two attached hydrogens (primary N) is 1. The van der Waals surface area contributed by atoms with E-state index in [2.05, 4.69) is 4.98 Å². The lowest BCUT2D eigenvalue weighted by Crippen LogP contribution is -2.31. The molecule has 0 spiro atoms. The molecule has 1 aromatic rings. The van der Waals surface area contributed by atoms with Gasteiger partial charge in [-0.3, -0.25) is 9.78 Å². The van der Waals surface area contributed by atoms with Crippen LogP contribution in [0.2, 0.25) is 0 Å². The summed E-state index contributed by atoms with van der Waals surface area (Å²) in [7, 11) is -3.49. The summed E-state index contributed by atoms with van der Waals surface area (Å²) in [5, 5.41) is 4.93. The highest BCUT2D eigenvalue weighted by Crippen LogP contribution is 2.31. The van der Waals surface area contributed by atoms with E-state index in [0.29, 0.717) is 6.54 Å². The first-order valence-corrected chi connectivity index (χ1v) is 8.40. The first kappa shape index (κ1) is 14.9. The monoisotopic (exact) mass is 297 g/mol. The quantitative estimate of drug-likeness (QED) is 0.870. The highest BCUT2D eigenvalue weighted by Gasteiger charge is 2.30. The fourth-order valence-corrected chi connectivity index (χ4v) is 3.06. The smallest absolute Gasteiger partial charge is 0.223 e. The highest BCUT2D eigenvalue weighted by molar-refractivity contribution is 7.89. The zero-order valence-electron chi connectivity index (χ0n) is 11.2. The molecule has 110 valence electrons. The number of rotatable bonds is 5. The number of primary sulfonamides is 1. The lowest BCUT2D eigenvalue weighted by molar-refractivity contribution is -0.132. The predicted molar refractivity (Wildman–Crippen MR) is 75.1 cm³/mol. The number of nitrogens with zero attached hydrogens (tertiary/aromatic N) is 2. The van der Waals surface area contributed by atoms with Crippen LogP contribution in [0.25, 0.3) is 0 Å². The number of likely N-dealkylation sites (tertiary alicyclic amines) is 1. The van der Waals surface area contributed by atoms with Crippen LogP contribution in [0.5, 0.6) is 0 Å². The third kappa shape index (κ3) is 4.01. The molecule has 0 aliphatic carbocycles. The van der Waals surface area contributed by atoms with Crippen molar-refractivity contribution in [2.45, 2.75) is 31.7 Å². The summed E-state index contributed by atoms with van der Waals surface area (Å²) in [5.41, 5.74) is 0.893. The molecular formula is C13H19N3O3S.